The number of piperazine rings is 1. The Morgan fingerprint density at radius 1 is 1.22 bits per heavy atom. The molecular weight excluding hydrogens is 402 g/mol. The number of nitrogens with zero attached hydrogens (tertiary/aromatic N) is 2. The molecular formula is C24H37N7O. The van der Waals surface area contributed by atoms with Crippen molar-refractivity contribution >= 4 is 28.6 Å². The van der Waals surface area contributed by atoms with Crippen LogP contribution in [-0.4, -0.2) is 71.3 Å². The van der Waals surface area contributed by atoms with Crippen molar-refractivity contribution in [1.82, 2.24) is 25.4 Å². The zero-order valence-electron chi connectivity index (χ0n) is 19.7. The van der Waals surface area contributed by atoms with Gasteiger partial charge in [0, 0.05) is 48.8 Å². The number of para-hydroxylation sites is 1. The van der Waals surface area contributed by atoms with E-state index in [2.05, 4.69) is 54.4 Å². The summed E-state index contributed by atoms with van der Waals surface area (Å²) in [6.07, 6.45) is 4.53. The maximum Gasteiger partial charge on any atom is 0.286 e. The molecule has 1 amide bonds. The Kier molecular flexibility index (Phi) is 7.90. The standard InChI is InChI=1S/C24H37N7O/c1-16(2)9-10-19(13-18-14-27-21-8-6-5-7-20(18)21)28-23(32)22(25)29-24(26)31-12-11-30(4)17(3)15-31/h5-8,14,16-17,19,27H,9-13,15H2,1-4H3,(H,28,32)(H3,25,26,29). The average Bonchev–Trinajstić information content (AvgIpc) is 3.16. The zero-order valence-corrected chi connectivity index (χ0v) is 19.7. The Bertz CT molecular complexity index is 951. The SMILES string of the molecule is CC(C)CCC(Cc1c[nH]c2ccccc12)NC(=O)C(=N)NC(=N)N1CCN(C)C(C)C1. The van der Waals surface area contributed by atoms with Gasteiger partial charge in [-0.25, -0.2) is 0 Å². The third kappa shape index (κ3) is 6.09. The molecule has 0 saturated carbocycles. The first-order valence-corrected chi connectivity index (χ1v) is 11.5. The third-order valence-electron chi connectivity index (χ3n) is 6.32. The summed E-state index contributed by atoms with van der Waals surface area (Å²) in [4.78, 5) is 20.2. The van der Waals surface area contributed by atoms with Gasteiger partial charge in [-0.15, -0.1) is 0 Å². The van der Waals surface area contributed by atoms with Gasteiger partial charge in [0.1, 0.15) is 0 Å². The van der Waals surface area contributed by atoms with E-state index in [0.29, 0.717) is 31.5 Å². The molecule has 1 fully saturated rings. The van der Waals surface area contributed by atoms with Crippen molar-refractivity contribution < 1.29 is 4.79 Å². The number of guanidine groups is 1. The Morgan fingerprint density at radius 2 is 1.97 bits per heavy atom. The minimum Gasteiger partial charge on any atom is -0.361 e. The van der Waals surface area contributed by atoms with Crippen LogP contribution >= 0.6 is 0 Å². The van der Waals surface area contributed by atoms with E-state index in [-0.39, 0.29) is 17.8 Å². The van der Waals surface area contributed by atoms with Crippen LogP contribution in [0.15, 0.2) is 30.5 Å². The van der Waals surface area contributed by atoms with Crippen LogP contribution in [0.25, 0.3) is 10.9 Å². The fraction of sp³-hybridized carbons (Fsp3) is 0.542. The molecule has 1 aliphatic rings. The van der Waals surface area contributed by atoms with Gasteiger partial charge in [0.05, 0.1) is 0 Å². The molecule has 32 heavy (non-hydrogen) atoms. The minimum atomic E-state index is -0.467. The molecule has 1 aliphatic heterocycles. The summed E-state index contributed by atoms with van der Waals surface area (Å²) in [6.45, 7) is 8.72. The number of fused-ring (bicyclic) bond motifs is 1. The lowest BCUT2D eigenvalue weighted by Gasteiger charge is -2.38. The molecule has 0 aliphatic carbocycles. The van der Waals surface area contributed by atoms with Crippen molar-refractivity contribution in [2.75, 3.05) is 26.7 Å². The van der Waals surface area contributed by atoms with E-state index < -0.39 is 5.91 Å². The van der Waals surface area contributed by atoms with E-state index in [1.807, 2.05) is 29.3 Å². The first-order chi connectivity index (χ1) is 15.2. The number of nitrogens with one attached hydrogen (secondary N) is 5. The molecule has 8 nitrogen and oxygen atoms in total. The van der Waals surface area contributed by atoms with Gasteiger partial charge in [0.15, 0.2) is 11.8 Å². The summed E-state index contributed by atoms with van der Waals surface area (Å²) in [5.74, 6) is -0.108. The van der Waals surface area contributed by atoms with Crippen LogP contribution in [0.4, 0.5) is 0 Å². The minimum absolute atomic E-state index is 0.0795. The quantitative estimate of drug-likeness (QED) is 0.352. The van der Waals surface area contributed by atoms with Crippen molar-refractivity contribution in [2.45, 2.75) is 52.1 Å². The largest absolute Gasteiger partial charge is 0.361 e. The van der Waals surface area contributed by atoms with Gasteiger partial charge in [0.25, 0.3) is 5.91 Å². The van der Waals surface area contributed by atoms with E-state index in [1.165, 1.54) is 0 Å². The van der Waals surface area contributed by atoms with Gasteiger partial charge in [-0.2, -0.15) is 0 Å². The fourth-order valence-corrected chi connectivity index (χ4v) is 4.09. The molecule has 2 aromatic rings. The van der Waals surface area contributed by atoms with Crippen molar-refractivity contribution in [2.24, 2.45) is 5.92 Å². The van der Waals surface area contributed by atoms with E-state index in [1.54, 1.807) is 0 Å². The van der Waals surface area contributed by atoms with Crippen LogP contribution in [0.5, 0.6) is 0 Å². The summed E-state index contributed by atoms with van der Waals surface area (Å²) in [6, 6.07) is 8.40. The van der Waals surface area contributed by atoms with E-state index >= 15 is 0 Å². The molecule has 0 bridgehead atoms. The highest BCUT2D eigenvalue weighted by atomic mass is 16.2. The van der Waals surface area contributed by atoms with Crippen LogP contribution in [0.2, 0.25) is 0 Å². The van der Waals surface area contributed by atoms with Gasteiger partial charge in [0.2, 0.25) is 0 Å². The Morgan fingerprint density at radius 3 is 2.69 bits per heavy atom. The number of aromatic amines is 1. The molecule has 2 atom stereocenters. The Labute approximate surface area is 190 Å². The highest BCUT2D eigenvalue weighted by Gasteiger charge is 2.25. The number of likely N-dealkylation sites (N-methyl/N-ethyl adjacent to an activating group) is 1. The second kappa shape index (κ2) is 10.6. The highest BCUT2D eigenvalue weighted by molar-refractivity contribution is 6.39. The Balaban J connectivity index is 1.61. The van der Waals surface area contributed by atoms with Gasteiger partial charge in [-0.05, 0) is 50.8 Å². The number of hydrogen-bond acceptors (Lipinski definition) is 4. The van der Waals surface area contributed by atoms with Gasteiger partial charge in [-0.3, -0.25) is 15.6 Å². The van der Waals surface area contributed by atoms with Crippen LogP contribution in [0.3, 0.4) is 0 Å². The summed E-state index contributed by atoms with van der Waals surface area (Å²) < 4.78 is 0. The topological polar surface area (TPSA) is 111 Å². The predicted octanol–water partition coefficient (Wildman–Crippen LogP) is 2.77. The number of amidine groups is 1. The average molecular weight is 440 g/mol. The van der Waals surface area contributed by atoms with E-state index in [0.717, 1.165) is 35.9 Å². The first kappa shape index (κ1) is 23.8. The molecule has 1 aromatic heterocycles. The number of amides is 1. The van der Waals surface area contributed by atoms with Crippen LogP contribution in [-0.2, 0) is 11.2 Å². The third-order valence-corrected chi connectivity index (χ3v) is 6.32. The second-order valence-corrected chi connectivity index (χ2v) is 9.33. The molecule has 2 unspecified atom stereocenters. The molecule has 5 N–H and O–H groups in total. The maximum atomic E-state index is 12.8. The number of carbonyl (C=O) groups is 1. The second-order valence-electron chi connectivity index (χ2n) is 9.33. The number of H-pyrrole nitrogens is 1. The highest BCUT2D eigenvalue weighted by Crippen LogP contribution is 2.21. The van der Waals surface area contributed by atoms with Gasteiger partial charge < -0.3 is 25.4 Å². The monoisotopic (exact) mass is 439 g/mol. The number of rotatable bonds is 6. The molecule has 0 spiro atoms. The molecule has 2 heterocycles. The van der Waals surface area contributed by atoms with Crippen molar-refractivity contribution in [1.29, 1.82) is 10.8 Å². The van der Waals surface area contributed by atoms with E-state index in [4.69, 9.17) is 10.8 Å². The fourth-order valence-electron chi connectivity index (χ4n) is 4.09. The molecule has 0 radical (unpaired) electrons. The first-order valence-electron chi connectivity index (χ1n) is 11.5. The smallest absolute Gasteiger partial charge is 0.286 e. The summed E-state index contributed by atoms with van der Waals surface area (Å²) in [5, 5.41) is 23.4. The lowest BCUT2D eigenvalue weighted by atomic mass is 9.97. The molecule has 174 valence electrons. The lowest BCUT2D eigenvalue weighted by molar-refractivity contribution is -0.115. The van der Waals surface area contributed by atoms with Crippen molar-refractivity contribution in [3.05, 3.63) is 36.0 Å². The van der Waals surface area contributed by atoms with Crippen LogP contribution in [0.1, 0.15) is 39.2 Å². The zero-order chi connectivity index (χ0) is 23.3. The van der Waals surface area contributed by atoms with E-state index in [9.17, 15) is 4.79 Å². The molecule has 8 heteroatoms. The Hall–Kier alpha value is -2.87. The molecule has 1 saturated heterocycles. The summed E-state index contributed by atoms with van der Waals surface area (Å²) >= 11 is 0. The normalized spacial score (nSPS) is 18.0. The van der Waals surface area contributed by atoms with Crippen LogP contribution < -0.4 is 10.6 Å². The van der Waals surface area contributed by atoms with Crippen molar-refractivity contribution in [3.63, 3.8) is 0 Å². The number of benzene rings is 1. The number of aromatic nitrogens is 1. The number of carbonyl (C=O) groups excluding carboxylic acids is 1. The van der Waals surface area contributed by atoms with Crippen LogP contribution in [0, 0.1) is 16.7 Å². The predicted molar refractivity (Wildman–Crippen MR) is 130 cm³/mol. The molecule has 1 aromatic carbocycles. The maximum absolute atomic E-state index is 12.8. The van der Waals surface area contributed by atoms with Gasteiger partial charge in [-0.1, -0.05) is 32.0 Å². The van der Waals surface area contributed by atoms with Crippen molar-refractivity contribution in [3.8, 4) is 0 Å². The molecule has 3 rings (SSSR count). The van der Waals surface area contributed by atoms with Gasteiger partial charge >= 0.3 is 0 Å². The summed E-state index contributed by atoms with van der Waals surface area (Å²) in [5.41, 5.74) is 2.24. The summed E-state index contributed by atoms with van der Waals surface area (Å²) in [7, 11) is 2.07. The lowest BCUT2D eigenvalue weighted by Crippen LogP contribution is -2.57. The number of hydrogen-bond donors (Lipinski definition) is 5.